The number of nitrogens with two attached hydrogens (primary N) is 1. The van der Waals surface area contributed by atoms with E-state index in [1.54, 1.807) is 0 Å². The number of anilines is 1. The van der Waals surface area contributed by atoms with E-state index in [0.717, 1.165) is 32.2 Å². The first-order valence-electron chi connectivity index (χ1n) is 10.7. The molecule has 0 radical (unpaired) electrons. The summed E-state index contributed by atoms with van der Waals surface area (Å²) in [4.78, 5) is 15.2. The van der Waals surface area contributed by atoms with Gasteiger partial charge in [0.25, 0.3) is 5.91 Å². The van der Waals surface area contributed by atoms with E-state index in [1.165, 1.54) is 30.4 Å². The second-order valence-corrected chi connectivity index (χ2v) is 8.20. The lowest BCUT2D eigenvalue weighted by Crippen LogP contribution is -2.38. The predicted molar refractivity (Wildman–Crippen MR) is 110 cm³/mol. The molecule has 1 amide bonds. The van der Waals surface area contributed by atoms with Gasteiger partial charge in [0.1, 0.15) is 0 Å². The lowest BCUT2D eigenvalue weighted by atomic mass is 9.90. The Bertz CT molecular complexity index is 884. The van der Waals surface area contributed by atoms with E-state index in [2.05, 4.69) is 43.0 Å². The van der Waals surface area contributed by atoms with E-state index >= 15 is 0 Å². The van der Waals surface area contributed by atoms with Crippen LogP contribution in [-0.4, -0.2) is 54.9 Å². The first-order valence-corrected chi connectivity index (χ1v) is 10.7. The van der Waals surface area contributed by atoms with Gasteiger partial charge in [-0.05, 0) is 55.4 Å². The number of nitrogen functional groups attached to an aromatic ring is 1. The van der Waals surface area contributed by atoms with Gasteiger partial charge in [-0.2, -0.15) is 9.78 Å². The van der Waals surface area contributed by atoms with Gasteiger partial charge in [-0.15, -0.1) is 5.10 Å². The molecule has 2 aromatic rings. The third-order valence-electron chi connectivity index (χ3n) is 6.07. The summed E-state index contributed by atoms with van der Waals surface area (Å²) in [6, 6.07) is 0.398. The minimum absolute atomic E-state index is 0.0927. The number of carbonyl (C=O) groups is 1. The van der Waals surface area contributed by atoms with E-state index in [-0.39, 0.29) is 17.3 Å². The monoisotopic (exact) mass is 415 g/mol. The molecule has 1 aliphatic heterocycles. The number of aromatic nitrogens is 5. The number of hydrazone groups is 1. The standard InChI is InChI=1S/C19H29N9O2/c1-13-7-5-6-10-27(13)12-15-16(22-26-28(15)18-17(20)24-30-25-18)19(29)23-21-11-14-8-3-2-4-9-14/h11,13-14H,2-10,12H2,1H3,(H2,20,24)(H,23,29)/b21-11+/t13-/m0/s1. The van der Waals surface area contributed by atoms with Crippen LogP contribution in [-0.2, 0) is 6.54 Å². The Kier molecular flexibility index (Phi) is 6.36. The maximum atomic E-state index is 12.8. The summed E-state index contributed by atoms with van der Waals surface area (Å²) in [5.41, 5.74) is 9.27. The molecule has 4 rings (SSSR count). The fourth-order valence-electron chi connectivity index (χ4n) is 4.25. The van der Waals surface area contributed by atoms with Crippen molar-refractivity contribution in [2.24, 2.45) is 11.0 Å². The Balaban J connectivity index is 1.55. The highest BCUT2D eigenvalue weighted by atomic mass is 16.6. The normalized spacial score (nSPS) is 21.3. The molecule has 1 atom stereocenters. The first-order chi connectivity index (χ1) is 14.6. The van der Waals surface area contributed by atoms with Crippen molar-refractivity contribution in [1.82, 2.24) is 35.6 Å². The van der Waals surface area contributed by atoms with Crippen LogP contribution in [0.5, 0.6) is 0 Å². The molecule has 162 valence electrons. The summed E-state index contributed by atoms with van der Waals surface area (Å²) < 4.78 is 6.15. The quantitative estimate of drug-likeness (QED) is 0.538. The zero-order valence-corrected chi connectivity index (χ0v) is 17.3. The molecule has 0 bridgehead atoms. The molecular formula is C19H29N9O2. The highest BCUT2D eigenvalue weighted by molar-refractivity contribution is 5.93. The van der Waals surface area contributed by atoms with E-state index < -0.39 is 5.91 Å². The second-order valence-electron chi connectivity index (χ2n) is 8.20. The molecule has 3 N–H and O–H groups in total. The third-order valence-corrected chi connectivity index (χ3v) is 6.07. The smallest absolute Gasteiger partial charge is 0.293 e. The van der Waals surface area contributed by atoms with Crippen molar-refractivity contribution >= 4 is 17.9 Å². The molecule has 2 fully saturated rings. The van der Waals surface area contributed by atoms with E-state index in [0.29, 0.717) is 24.2 Å². The third kappa shape index (κ3) is 4.50. The van der Waals surface area contributed by atoms with Gasteiger partial charge in [0.2, 0.25) is 11.6 Å². The molecule has 0 unspecified atom stereocenters. The molecular weight excluding hydrogens is 386 g/mol. The molecule has 11 nitrogen and oxygen atoms in total. The topological polar surface area (TPSA) is 140 Å². The minimum atomic E-state index is -0.400. The highest BCUT2D eigenvalue weighted by Gasteiger charge is 2.28. The van der Waals surface area contributed by atoms with Gasteiger partial charge in [-0.25, -0.2) is 10.1 Å². The van der Waals surface area contributed by atoms with Gasteiger partial charge in [-0.1, -0.05) is 30.9 Å². The molecule has 2 aromatic heterocycles. The van der Waals surface area contributed by atoms with Gasteiger partial charge in [-0.3, -0.25) is 9.69 Å². The van der Waals surface area contributed by atoms with Crippen LogP contribution >= 0.6 is 0 Å². The Hall–Kier alpha value is -2.82. The SMILES string of the molecule is C[C@H]1CCCCN1Cc1c(C(=O)N/N=C/C2CCCCC2)nnn1-c1nonc1N. The number of likely N-dealkylation sites (tertiary alicyclic amines) is 1. The Morgan fingerprint density at radius 2 is 2.03 bits per heavy atom. The summed E-state index contributed by atoms with van der Waals surface area (Å²) in [6.07, 6.45) is 11.2. The highest BCUT2D eigenvalue weighted by Crippen LogP contribution is 2.23. The largest absolute Gasteiger partial charge is 0.378 e. The second kappa shape index (κ2) is 9.33. The summed E-state index contributed by atoms with van der Waals surface area (Å²) in [5.74, 6) is 0.342. The average molecular weight is 416 g/mol. The van der Waals surface area contributed by atoms with E-state index in [1.807, 2.05) is 6.21 Å². The molecule has 0 aromatic carbocycles. The maximum absolute atomic E-state index is 12.8. The number of nitrogens with zero attached hydrogens (tertiary/aromatic N) is 7. The van der Waals surface area contributed by atoms with Crippen LogP contribution in [0, 0.1) is 5.92 Å². The number of hydrogen-bond donors (Lipinski definition) is 2. The molecule has 1 aliphatic carbocycles. The number of amides is 1. The van der Waals surface area contributed by atoms with Crippen LogP contribution in [0.3, 0.4) is 0 Å². The van der Waals surface area contributed by atoms with Crippen LogP contribution in [0.15, 0.2) is 9.73 Å². The molecule has 0 spiro atoms. The van der Waals surface area contributed by atoms with Gasteiger partial charge in [0.05, 0.1) is 5.69 Å². The van der Waals surface area contributed by atoms with E-state index in [9.17, 15) is 4.79 Å². The number of rotatable bonds is 6. The van der Waals surface area contributed by atoms with Crippen molar-refractivity contribution < 1.29 is 9.42 Å². The van der Waals surface area contributed by atoms with Crippen molar-refractivity contribution in [2.75, 3.05) is 12.3 Å². The summed E-state index contributed by atoms with van der Waals surface area (Å²) in [6.45, 7) is 3.63. The van der Waals surface area contributed by atoms with E-state index in [4.69, 9.17) is 10.4 Å². The van der Waals surface area contributed by atoms with Crippen molar-refractivity contribution in [3.63, 3.8) is 0 Å². The molecule has 30 heavy (non-hydrogen) atoms. The van der Waals surface area contributed by atoms with Gasteiger partial charge in [0, 0.05) is 18.8 Å². The average Bonchev–Trinajstić information content (AvgIpc) is 3.36. The minimum Gasteiger partial charge on any atom is -0.378 e. The molecule has 2 aliphatic rings. The van der Waals surface area contributed by atoms with Crippen molar-refractivity contribution in [1.29, 1.82) is 0 Å². The van der Waals surface area contributed by atoms with Crippen LogP contribution < -0.4 is 11.2 Å². The van der Waals surface area contributed by atoms with Crippen molar-refractivity contribution in [2.45, 2.75) is 70.9 Å². The molecule has 11 heteroatoms. The Morgan fingerprint density at radius 3 is 2.77 bits per heavy atom. The zero-order chi connectivity index (χ0) is 20.9. The van der Waals surface area contributed by atoms with Crippen LogP contribution in [0.2, 0.25) is 0 Å². The molecule has 1 saturated carbocycles. The van der Waals surface area contributed by atoms with Gasteiger partial charge >= 0.3 is 0 Å². The lowest BCUT2D eigenvalue weighted by Gasteiger charge is -2.33. The van der Waals surface area contributed by atoms with Crippen LogP contribution in [0.4, 0.5) is 5.82 Å². The van der Waals surface area contributed by atoms with Gasteiger partial charge in [0.15, 0.2) is 5.69 Å². The van der Waals surface area contributed by atoms with Crippen LogP contribution in [0.25, 0.3) is 5.82 Å². The first kappa shape index (κ1) is 20.5. The fourth-order valence-corrected chi connectivity index (χ4v) is 4.25. The van der Waals surface area contributed by atoms with Crippen LogP contribution in [0.1, 0.15) is 74.5 Å². The van der Waals surface area contributed by atoms with Gasteiger partial charge < -0.3 is 5.73 Å². The van der Waals surface area contributed by atoms with Crippen molar-refractivity contribution in [3.8, 4) is 5.82 Å². The number of piperidine rings is 1. The maximum Gasteiger partial charge on any atom is 0.293 e. The number of hydrogen-bond acceptors (Lipinski definition) is 9. The van der Waals surface area contributed by atoms with Crippen molar-refractivity contribution in [3.05, 3.63) is 11.4 Å². The summed E-state index contributed by atoms with van der Waals surface area (Å²) in [5, 5.41) is 19.8. The zero-order valence-electron chi connectivity index (χ0n) is 17.3. The predicted octanol–water partition coefficient (Wildman–Crippen LogP) is 1.90. The Labute approximate surface area is 175 Å². The fraction of sp³-hybridized carbons (Fsp3) is 0.684. The Morgan fingerprint density at radius 1 is 1.23 bits per heavy atom. The number of carbonyl (C=O) groups excluding carboxylic acids is 1. The molecule has 1 saturated heterocycles. The summed E-state index contributed by atoms with van der Waals surface area (Å²) >= 11 is 0. The lowest BCUT2D eigenvalue weighted by molar-refractivity contribution is 0.0944. The number of nitrogens with one attached hydrogen (secondary N) is 1. The summed E-state index contributed by atoms with van der Waals surface area (Å²) in [7, 11) is 0. The molecule has 3 heterocycles.